The van der Waals surface area contributed by atoms with Gasteiger partial charge in [-0.15, -0.1) is 0 Å². The lowest BCUT2D eigenvalue weighted by molar-refractivity contribution is 0.440. The average molecular weight is 173 g/mol. The maximum Gasteiger partial charge on any atom is 0.429 e. The zero-order valence-corrected chi connectivity index (χ0v) is 7.47. The van der Waals surface area contributed by atoms with Gasteiger partial charge in [-0.3, -0.25) is 0 Å². The zero-order chi connectivity index (χ0) is 8.43. The fourth-order valence-corrected chi connectivity index (χ4v) is 1.04. The molecule has 0 saturated carbocycles. The monoisotopic (exact) mass is 173 g/mol. The molecule has 0 unspecified atom stereocenters. The summed E-state index contributed by atoms with van der Waals surface area (Å²) in [6, 6.07) is 0. The van der Waals surface area contributed by atoms with Gasteiger partial charge < -0.3 is 4.42 Å². The maximum absolute atomic E-state index is 10.7. The van der Waals surface area contributed by atoms with Gasteiger partial charge in [-0.1, -0.05) is 26.7 Å². The SMILES string of the molecule is CC(C)Cc1cn(S)c(=O)o1. The first-order valence-electron chi connectivity index (χ1n) is 3.50. The van der Waals surface area contributed by atoms with Gasteiger partial charge in [-0.25, -0.2) is 8.77 Å². The average Bonchev–Trinajstić information content (AvgIpc) is 2.10. The van der Waals surface area contributed by atoms with E-state index in [2.05, 4.69) is 26.7 Å². The van der Waals surface area contributed by atoms with E-state index in [9.17, 15) is 4.79 Å². The molecule has 1 aromatic heterocycles. The molecule has 0 saturated heterocycles. The first-order chi connectivity index (χ1) is 5.09. The van der Waals surface area contributed by atoms with Crippen LogP contribution in [0.2, 0.25) is 0 Å². The fourth-order valence-electron chi connectivity index (χ4n) is 0.871. The van der Waals surface area contributed by atoms with E-state index < -0.39 is 5.76 Å². The van der Waals surface area contributed by atoms with Crippen molar-refractivity contribution in [1.82, 2.24) is 3.97 Å². The predicted molar refractivity (Wildman–Crippen MR) is 45.9 cm³/mol. The van der Waals surface area contributed by atoms with Gasteiger partial charge in [-0.05, 0) is 5.92 Å². The van der Waals surface area contributed by atoms with Crippen LogP contribution in [0.3, 0.4) is 0 Å². The van der Waals surface area contributed by atoms with Crippen molar-refractivity contribution >= 4 is 12.8 Å². The summed E-state index contributed by atoms with van der Waals surface area (Å²) in [7, 11) is 0. The van der Waals surface area contributed by atoms with Gasteiger partial charge in [0.15, 0.2) is 0 Å². The molecule has 0 aliphatic heterocycles. The van der Waals surface area contributed by atoms with E-state index >= 15 is 0 Å². The minimum Gasteiger partial charge on any atom is -0.412 e. The minimum absolute atomic E-state index is 0.413. The summed E-state index contributed by atoms with van der Waals surface area (Å²) in [5.74, 6) is 0.776. The summed E-state index contributed by atoms with van der Waals surface area (Å²) in [6.07, 6.45) is 2.38. The molecule has 0 atom stereocenters. The normalized spacial score (nSPS) is 10.9. The van der Waals surface area contributed by atoms with Gasteiger partial charge >= 0.3 is 5.76 Å². The van der Waals surface area contributed by atoms with Crippen LogP contribution in [0.4, 0.5) is 0 Å². The van der Waals surface area contributed by atoms with Crippen molar-refractivity contribution in [3.8, 4) is 0 Å². The standard InChI is InChI=1S/C7H11NO2S/c1-5(2)3-6-4-8(11)7(9)10-6/h4-5,11H,3H2,1-2H3. The van der Waals surface area contributed by atoms with Crippen molar-refractivity contribution in [2.45, 2.75) is 20.3 Å². The summed E-state index contributed by atoms with van der Waals surface area (Å²) in [4.78, 5) is 10.7. The van der Waals surface area contributed by atoms with Crippen molar-refractivity contribution in [3.05, 3.63) is 22.5 Å². The van der Waals surface area contributed by atoms with E-state index in [1.165, 1.54) is 0 Å². The Morgan fingerprint density at radius 1 is 1.73 bits per heavy atom. The highest BCUT2D eigenvalue weighted by atomic mass is 32.1. The van der Waals surface area contributed by atoms with E-state index in [-0.39, 0.29) is 0 Å². The summed E-state index contributed by atoms with van der Waals surface area (Å²) >= 11 is 3.85. The van der Waals surface area contributed by atoms with Crippen LogP contribution < -0.4 is 5.76 Å². The van der Waals surface area contributed by atoms with Crippen molar-refractivity contribution in [2.75, 3.05) is 0 Å². The molecule has 0 amide bonds. The maximum atomic E-state index is 10.7. The molecular formula is C7H11NO2S. The molecule has 1 aromatic rings. The van der Waals surface area contributed by atoms with Crippen LogP contribution in [-0.4, -0.2) is 3.97 Å². The smallest absolute Gasteiger partial charge is 0.412 e. The molecule has 0 radical (unpaired) electrons. The van der Waals surface area contributed by atoms with Crippen LogP contribution in [0.1, 0.15) is 19.6 Å². The molecule has 0 aliphatic carbocycles. The molecule has 1 heterocycles. The van der Waals surface area contributed by atoms with E-state index in [0.29, 0.717) is 11.7 Å². The van der Waals surface area contributed by atoms with Crippen LogP contribution in [-0.2, 0) is 6.42 Å². The van der Waals surface area contributed by atoms with E-state index in [4.69, 9.17) is 4.42 Å². The summed E-state index contributed by atoms with van der Waals surface area (Å²) in [5.41, 5.74) is 0. The number of rotatable bonds is 2. The first-order valence-corrected chi connectivity index (χ1v) is 3.90. The Kier molecular flexibility index (Phi) is 2.44. The number of aromatic nitrogens is 1. The molecule has 4 heteroatoms. The van der Waals surface area contributed by atoms with Gasteiger partial charge in [-0.2, -0.15) is 0 Å². The third-order valence-electron chi connectivity index (χ3n) is 1.28. The minimum atomic E-state index is -0.413. The van der Waals surface area contributed by atoms with Gasteiger partial charge in [0.25, 0.3) is 0 Å². The number of oxazole rings is 1. The topological polar surface area (TPSA) is 35.1 Å². The highest BCUT2D eigenvalue weighted by Crippen LogP contribution is 2.05. The Labute approximate surface area is 70.6 Å². The largest absolute Gasteiger partial charge is 0.429 e. The molecule has 0 aliphatic rings. The molecule has 11 heavy (non-hydrogen) atoms. The Hall–Kier alpha value is -0.640. The first kappa shape index (κ1) is 8.46. The summed E-state index contributed by atoms with van der Waals surface area (Å²) in [6.45, 7) is 4.13. The van der Waals surface area contributed by atoms with Gasteiger partial charge in [0, 0.05) is 6.42 Å². The second-order valence-electron chi connectivity index (χ2n) is 2.91. The molecule has 0 bridgehead atoms. The second kappa shape index (κ2) is 3.17. The lowest BCUT2D eigenvalue weighted by Gasteiger charge is -1.97. The zero-order valence-electron chi connectivity index (χ0n) is 6.57. The van der Waals surface area contributed by atoms with E-state index in [1.807, 2.05) is 0 Å². The van der Waals surface area contributed by atoms with Crippen LogP contribution in [0.15, 0.2) is 15.4 Å². The number of thiol groups is 1. The van der Waals surface area contributed by atoms with Crippen molar-refractivity contribution in [3.63, 3.8) is 0 Å². The third kappa shape index (κ3) is 2.15. The molecular weight excluding hydrogens is 162 g/mol. The number of nitrogens with zero attached hydrogens (tertiary/aromatic N) is 1. The van der Waals surface area contributed by atoms with E-state index in [1.54, 1.807) is 6.20 Å². The molecule has 0 N–H and O–H groups in total. The Bertz CT molecular complexity index is 287. The van der Waals surface area contributed by atoms with Crippen LogP contribution in [0.5, 0.6) is 0 Å². The molecule has 0 spiro atoms. The Morgan fingerprint density at radius 2 is 2.36 bits per heavy atom. The van der Waals surface area contributed by atoms with Crippen LogP contribution in [0, 0.1) is 5.92 Å². The molecule has 62 valence electrons. The molecule has 1 rings (SSSR count). The quantitative estimate of drug-likeness (QED) is 0.685. The number of hydrogen-bond donors (Lipinski definition) is 1. The summed E-state index contributed by atoms with van der Waals surface area (Å²) in [5, 5.41) is 0. The van der Waals surface area contributed by atoms with Crippen molar-refractivity contribution < 1.29 is 4.42 Å². The number of hydrogen-bond acceptors (Lipinski definition) is 3. The third-order valence-corrected chi connectivity index (χ3v) is 1.56. The Balaban J connectivity index is 2.81. The van der Waals surface area contributed by atoms with Crippen molar-refractivity contribution in [1.29, 1.82) is 0 Å². The van der Waals surface area contributed by atoms with Crippen molar-refractivity contribution in [2.24, 2.45) is 5.92 Å². The second-order valence-corrected chi connectivity index (χ2v) is 3.34. The Morgan fingerprint density at radius 3 is 2.73 bits per heavy atom. The predicted octanol–water partition coefficient (Wildman–Crippen LogP) is 1.33. The van der Waals surface area contributed by atoms with Crippen LogP contribution >= 0.6 is 12.8 Å². The lowest BCUT2D eigenvalue weighted by Crippen LogP contribution is -2.02. The molecule has 0 fully saturated rings. The molecule has 0 aromatic carbocycles. The highest BCUT2D eigenvalue weighted by Gasteiger charge is 2.04. The van der Waals surface area contributed by atoms with E-state index in [0.717, 1.165) is 10.4 Å². The van der Waals surface area contributed by atoms with Gasteiger partial charge in [0.2, 0.25) is 0 Å². The lowest BCUT2D eigenvalue weighted by atomic mass is 10.1. The summed E-state index contributed by atoms with van der Waals surface area (Å²) < 4.78 is 6.01. The highest BCUT2D eigenvalue weighted by molar-refractivity contribution is 7.78. The molecule has 3 nitrogen and oxygen atoms in total. The van der Waals surface area contributed by atoms with Gasteiger partial charge in [0.1, 0.15) is 5.76 Å². The van der Waals surface area contributed by atoms with Crippen LogP contribution in [0.25, 0.3) is 0 Å². The van der Waals surface area contributed by atoms with Gasteiger partial charge in [0.05, 0.1) is 6.20 Å². The fraction of sp³-hybridized carbons (Fsp3) is 0.571.